The third-order valence-corrected chi connectivity index (χ3v) is 3.42. The van der Waals surface area contributed by atoms with Gasteiger partial charge in [0.2, 0.25) is 0 Å². The lowest BCUT2D eigenvalue weighted by Gasteiger charge is -2.04. The molecule has 0 aliphatic carbocycles. The van der Waals surface area contributed by atoms with Crippen LogP contribution in [0, 0.1) is 11.6 Å². The first-order valence-electron chi connectivity index (χ1n) is 3.59. The molecule has 0 fully saturated rings. The summed E-state index contributed by atoms with van der Waals surface area (Å²) in [7, 11) is -3.85. The maximum atomic E-state index is 13.2. The Morgan fingerprint density at radius 2 is 1.64 bits per heavy atom. The maximum Gasteiger partial charge on any atom is 0.181 e. The van der Waals surface area contributed by atoms with Crippen LogP contribution in [0.3, 0.4) is 0 Å². The summed E-state index contributed by atoms with van der Waals surface area (Å²) >= 11 is 1.14. The molecule has 0 aromatic heterocycles. The number of sulfone groups is 1. The van der Waals surface area contributed by atoms with Crippen molar-refractivity contribution in [3.8, 4) is 0 Å². The van der Waals surface area contributed by atoms with E-state index < -0.39 is 26.4 Å². The van der Waals surface area contributed by atoms with E-state index in [9.17, 15) is 17.2 Å². The summed E-state index contributed by atoms with van der Waals surface area (Å²) in [5.41, 5.74) is 0. The van der Waals surface area contributed by atoms with Crippen molar-refractivity contribution in [3.63, 3.8) is 0 Å². The molecule has 2 nitrogen and oxygen atoms in total. The molecule has 0 unspecified atom stereocenters. The van der Waals surface area contributed by atoms with E-state index in [1.54, 1.807) is 6.26 Å². The van der Waals surface area contributed by atoms with Gasteiger partial charge in [-0.15, -0.1) is 11.8 Å². The molecule has 14 heavy (non-hydrogen) atoms. The van der Waals surface area contributed by atoms with Crippen molar-refractivity contribution in [1.29, 1.82) is 0 Å². The van der Waals surface area contributed by atoms with Crippen LogP contribution < -0.4 is 0 Å². The normalized spacial score (nSPS) is 11.7. The standard InChI is InChI=1S/C8H8F2O2S2/c1-13-5-3-6(9)8(7(10)4-5)14(2,11)12/h3-4H,1-2H3. The van der Waals surface area contributed by atoms with Gasteiger partial charge in [0.25, 0.3) is 0 Å². The minimum absolute atomic E-state index is 0.354. The Balaban J connectivity index is 3.48. The third-order valence-electron chi connectivity index (χ3n) is 1.58. The second-order valence-corrected chi connectivity index (χ2v) is 5.52. The van der Waals surface area contributed by atoms with E-state index in [0.717, 1.165) is 30.2 Å². The number of benzene rings is 1. The summed E-state index contributed by atoms with van der Waals surface area (Å²) < 4.78 is 48.3. The summed E-state index contributed by atoms with van der Waals surface area (Å²) in [5, 5.41) is 0. The summed E-state index contributed by atoms with van der Waals surface area (Å²) in [5.74, 6) is -2.09. The molecular formula is C8H8F2O2S2. The van der Waals surface area contributed by atoms with Crippen molar-refractivity contribution in [2.75, 3.05) is 12.5 Å². The van der Waals surface area contributed by atoms with Crippen molar-refractivity contribution in [2.45, 2.75) is 9.79 Å². The minimum atomic E-state index is -3.85. The Kier molecular flexibility index (Phi) is 3.16. The molecule has 0 aliphatic rings. The second-order valence-electron chi connectivity index (χ2n) is 2.69. The molecule has 1 aromatic carbocycles. The van der Waals surface area contributed by atoms with Gasteiger partial charge in [-0.2, -0.15) is 0 Å². The molecule has 0 amide bonds. The fourth-order valence-corrected chi connectivity index (χ4v) is 2.28. The van der Waals surface area contributed by atoms with E-state index in [0.29, 0.717) is 4.90 Å². The molecule has 0 heterocycles. The molecular weight excluding hydrogens is 230 g/mol. The van der Waals surface area contributed by atoms with Gasteiger partial charge in [-0.05, 0) is 18.4 Å². The van der Waals surface area contributed by atoms with Crippen molar-refractivity contribution in [2.24, 2.45) is 0 Å². The fourth-order valence-electron chi connectivity index (χ4n) is 1.01. The van der Waals surface area contributed by atoms with Gasteiger partial charge in [-0.3, -0.25) is 0 Å². The van der Waals surface area contributed by atoms with Crippen molar-refractivity contribution >= 4 is 21.6 Å². The highest BCUT2D eigenvalue weighted by Gasteiger charge is 2.20. The van der Waals surface area contributed by atoms with Crippen molar-refractivity contribution in [3.05, 3.63) is 23.8 Å². The second kappa shape index (κ2) is 3.86. The Hall–Kier alpha value is -0.620. The molecule has 0 N–H and O–H groups in total. The third kappa shape index (κ3) is 2.24. The van der Waals surface area contributed by atoms with Crippen LogP contribution in [-0.2, 0) is 9.84 Å². The molecule has 1 rings (SSSR count). The van der Waals surface area contributed by atoms with Crippen LogP contribution in [0.2, 0.25) is 0 Å². The predicted octanol–water partition coefficient (Wildman–Crippen LogP) is 2.09. The zero-order chi connectivity index (χ0) is 10.9. The lowest BCUT2D eigenvalue weighted by Crippen LogP contribution is -2.04. The molecule has 0 spiro atoms. The van der Waals surface area contributed by atoms with E-state index in [4.69, 9.17) is 0 Å². The summed E-state index contributed by atoms with van der Waals surface area (Å²) in [6, 6.07) is 2.01. The number of hydrogen-bond donors (Lipinski definition) is 0. The minimum Gasteiger partial charge on any atom is -0.224 e. The molecule has 0 bridgehead atoms. The fraction of sp³-hybridized carbons (Fsp3) is 0.250. The first kappa shape index (κ1) is 11.5. The van der Waals surface area contributed by atoms with Crippen LogP contribution in [0.1, 0.15) is 0 Å². The Morgan fingerprint density at radius 3 is 1.93 bits per heavy atom. The molecule has 0 saturated heterocycles. The topological polar surface area (TPSA) is 34.1 Å². The lowest BCUT2D eigenvalue weighted by molar-refractivity contribution is 0.516. The van der Waals surface area contributed by atoms with Crippen LogP contribution in [0.4, 0.5) is 8.78 Å². The molecule has 0 aliphatic heterocycles. The Bertz CT molecular complexity index is 431. The van der Waals surface area contributed by atoms with Crippen LogP contribution in [0.15, 0.2) is 21.9 Å². The zero-order valence-corrected chi connectivity index (χ0v) is 9.18. The first-order valence-corrected chi connectivity index (χ1v) is 6.71. The van der Waals surface area contributed by atoms with Crippen molar-refractivity contribution < 1.29 is 17.2 Å². The number of rotatable bonds is 2. The van der Waals surface area contributed by atoms with E-state index >= 15 is 0 Å². The highest BCUT2D eigenvalue weighted by molar-refractivity contribution is 7.98. The smallest absolute Gasteiger partial charge is 0.181 e. The first-order chi connectivity index (χ1) is 6.36. The number of halogens is 2. The van der Waals surface area contributed by atoms with E-state index in [1.165, 1.54) is 0 Å². The average molecular weight is 238 g/mol. The van der Waals surface area contributed by atoms with Crippen LogP contribution in [0.25, 0.3) is 0 Å². The maximum absolute atomic E-state index is 13.2. The quantitative estimate of drug-likeness (QED) is 0.740. The van der Waals surface area contributed by atoms with Gasteiger partial charge in [0, 0.05) is 11.2 Å². The van der Waals surface area contributed by atoms with Gasteiger partial charge in [-0.25, -0.2) is 17.2 Å². The van der Waals surface area contributed by atoms with E-state index in [1.807, 2.05) is 0 Å². The van der Waals surface area contributed by atoms with Gasteiger partial charge in [0.1, 0.15) is 16.5 Å². The highest BCUT2D eigenvalue weighted by atomic mass is 32.2. The van der Waals surface area contributed by atoms with E-state index in [-0.39, 0.29) is 0 Å². The predicted molar refractivity (Wildman–Crippen MR) is 51.2 cm³/mol. The molecule has 0 saturated carbocycles. The van der Waals surface area contributed by atoms with Gasteiger partial charge < -0.3 is 0 Å². The van der Waals surface area contributed by atoms with Gasteiger partial charge in [0.15, 0.2) is 9.84 Å². The number of thioether (sulfide) groups is 1. The number of hydrogen-bond acceptors (Lipinski definition) is 3. The monoisotopic (exact) mass is 238 g/mol. The van der Waals surface area contributed by atoms with Crippen LogP contribution in [0.5, 0.6) is 0 Å². The Morgan fingerprint density at radius 1 is 1.21 bits per heavy atom. The largest absolute Gasteiger partial charge is 0.224 e. The van der Waals surface area contributed by atoms with Gasteiger partial charge in [-0.1, -0.05) is 0 Å². The molecule has 0 atom stereocenters. The summed E-state index contributed by atoms with van der Waals surface area (Å²) in [6.07, 6.45) is 2.42. The van der Waals surface area contributed by atoms with E-state index in [2.05, 4.69) is 0 Å². The Labute approximate surface area is 85.2 Å². The molecule has 0 radical (unpaired) electrons. The van der Waals surface area contributed by atoms with Gasteiger partial charge in [0.05, 0.1) is 0 Å². The highest BCUT2D eigenvalue weighted by Crippen LogP contribution is 2.24. The van der Waals surface area contributed by atoms with Crippen molar-refractivity contribution in [1.82, 2.24) is 0 Å². The molecule has 6 heteroatoms. The summed E-state index contributed by atoms with van der Waals surface area (Å²) in [6.45, 7) is 0. The zero-order valence-electron chi connectivity index (χ0n) is 7.54. The average Bonchev–Trinajstić information content (AvgIpc) is 1.99. The van der Waals surface area contributed by atoms with Gasteiger partial charge >= 0.3 is 0 Å². The molecule has 78 valence electrons. The van der Waals surface area contributed by atoms with Crippen LogP contribution in [-0.4, -0.2) is 20.9 Å². The summed E-state index contributed by atoms with van der Waals surface area (Å²) in [4.78, 5) is -0.511. The SMILES string of the molecule is CSc1cc(F)c(S(C)(=O)=O)c(F)c1. The van der Waals surface area contributed by atoms with Crippen LogP contribution >= 0.6 is 11.8 Å². The molecule has 1 aromatic rings. The lowest BCUT2D eigenvalue weighted by atomic mass is 10.3.